The van der Waals surface area contributed by atoms with Crippen LogP contribution >= 0.6 is 15.9 Å². The second-order valence-corrected chi connectivity index (χ2v) is 6.41. The largest absolute Gasteiger partial charge is 0.444 e. The van der Waals surface area contributed by atoms with Gasteiger partial charge in [-0.3, -0.25) is 4.99 Å². The van der Waals surface area contributed by atoms with Crippen molar-refractivity contribution in [3.8, 4) is 0 Å². The number of nitrogens with two attached hydrogens (primary N) is 1. The summed E-state index contributed by atoms with van der Waals surface area (Å²) in [5.74, 6) is 0. The zero-order valence-corrected chi connectivity index (χ0v) is 14.2. The Balaban J connectivity index is 2.29. The van der Waals surface area contributed by atoms with Gasteiger partial charge in [0.25, 0.3) is 0 Å². The van der Waals surface area contributed by atoms with E-state index in [1.807, 2.05) is 39.0 Å². The Morgan fingerprint density at radius 1 is 1.48 bits per heavy atom. The van der Waals surface area contributed by atoms with Crippen molar-refractivity contribution in [3.63, 3.8) is 0 Å². The lowest BCUT2D eigenvalue weighted by Crippen LogP contribution is -2.33. The Labute approximate surface area is 134 Å². The molecule has 3 N–H and O–H groups in total. The summed E-state index contributed by atoms with van der Waals surface area (Å²) in [4.78, 5) is 15.7. The third-order valence-electron chi connectivity index (χ3n) is 2.44. The summed E-state index contributed by atoms with van der Waals surface area (Å²) in [5, 5.41) is 2.69. The van der Waals surface area contributed by atoms with Gasteiger partial charge >= 0.3 is 6.09 Å². The van der Waals surface area contributed by atoms with Gasteiger partial charge < -0.3 is 15.8 Å². The third kappa shape index (κ3) is 7.13. The molecule has 1 rings (SSSR count). The lowest BCUT2D eigenvalue weighted by Gasteiger charge is -2.19. The van der Waals surface area contributed by atoms with Crippen LogP contribution in [0.2, 0.25) is 0 Å². The predicted octanol–water partition coefficient (Wildman–Crippen LogP) is 3.37. The van der Waals surface area contributed by atoms with Crippen molar-refractivity contribution in [2.75, 3.05) is 18.8 Å². The van der Waals surface area contributed by atoms with E-state index in [2.05, 4.69) is 26.2 Å². The van der Waals surface area contributed by atoms with Crippen LogP contribution in [0.25, 0.3) is 0 Å². The summed E-state index contributed by atoms with van der Waals surface area (Å²) in [7, 11) is 0. The molecule has 116 valence electrons. The number of hydrogen-bond acceptors (Lipinski definition) is 4. The molecule has 0 saturated heterocycles. The number of alkyl carbamates (subject to hydrolysis) is 1. The molecule has 0 heterocycles. The lowest BCUT2D eigenvalue weighted by atomic mass is 10.2. The summed E-state index contributed by atoms with van der Waals surface area (Å²) in [6.45, 7) is 6.63. The molecule has 0 radical (unpaired) electrons. The molecule has 0 saturated carbocycles. The second-order valence-electron chi connectivity index (χ2n) is 5.56. The minimum absolute atomic E-state index is 0.401. The summed E-state index contributed by atoms with van der Waals surface area (Å²) in [5.41, 5.74) is 6.95. The van der Waals surface area contributed by atoms with Gasteiger partial charge in [-0.25, -0.2) is 4.79 Å². The predicted molar refractivity (Wildman–Crippen MR) is 89.9 cm³/mol. The number of aliphatic imine (C=N–C) groups is 1. The minimum atomic E-state index is -0.473. The Bertz CT molecular complexity index is 490. The van der Waals surface area contributed by atoms with Gasteiger partial charge in [-0.15, -0.1) is 0 Å². The van der Waals surface area contributed by atoms with Crippen molar-refractivity contribution in [2.45, 2.75) is 32.8 Å². The Morgan fingerprint density at radius 2 is 2.19 bits per heavy atom. The number of carbonyl (C=O) groups excluding carboxylic acids is 1. The zero-order valence-electron chi connectivity index (χ0n) is 12.6. The molecule has 0 aromatic heterocycles. The van der Waals surface area contributed by atoms with Crippen molar-refractivity contribution in [1.29, 1.82) is 0 Å². The van der Waals surface area contributed by atoms with E-state index in [0.29, 0.717) is 18.8 Å². The van der Waals surface area contributed by atoms with Crippen LogP contribution < -0.4 is 11.1 Å². The number of amides is 1. The monoisotopic (exact) mass is 355 g/mol. The Morgan fingerprint density at radius 3 is 2.81 bits per heavy atom. The Kier molecular flexibility index (Phi) is 6.68. The van der Waals surface area contributed by atoms with Gasteiger partial charge in [-0.2, -0.15) is 0 Å². The van der Waals surface area contributed by atoms with E-state index in [1.54, 1.807) is 6.21 Å². The first-order valence-corrected chi connectivity index (χ1v) is 7.59. The summed E-state index contributed by atoms with van der Waals surface area (Å²) in [6, 6.07) is 5.62. The van der Waals surface area contributed by atoms with Gasteiger partial charge in [0.1, 0.15) is 5.60 Å². The van der Waals surface area contributed by atoms with E-state index in [-0.39, 0.29) is 0 Å². The van der Waals surface area contributed by atoms with Crippen molar-refractivity contribution < 1.29 is 9.53 Å². The maximum absolute atomic E-state index is 11.4. The molecule has 0 atom stereocenters. The number of carbonyl (C=O) groups is 1. The summed E-state index contributed by atoms with van der Waals surface area (Å²) in [6.07, 6.45) is 2.08. The molecule has 0 bridgehead atoms. The smallest absolute Gasteiger partial charge is 0.407 e. The maximum atomic E-state index is 11.4. The molecule has 0 spiro atoms. The quantitative estimate of drug-likeness (QED) is 0.482. The van der Waals surface area contributed by atoms with Gasteiger partial charge in [0.15, 0.2) is 0 Å². The topological polar surface area (TPSA) is 76.7 Å². The average molecular weight is 356 g/mol. The van der Waals surface area contributed by atoms with Crippen LogP contribution in [-0.4, -0.2) is 31.0 Å². The van der Waals surface area contributed by atoms with E-state index in [4.69, 9.17) is 10.5 Å². The number of anilines is 1. The molecule has 21 heavy (non-hydrogen) atoms. The summed E-state index contributed by atoms with van der Waals surface area (Å²) >= 11 is 3.43. The fourth-order valence-electron chi connectivity index (χ4n) is 1.52. The number of halogens is 1. The third-order valence-corrected chi connectivity index (χ3v) is 3.13. The number of benzene rings is 1. The van der Waals surface area contributed by atoms with Gasteiger partial charge in [0.05, 0.1) is 0 Å². The van der Waals surface area contributed by atoms with E-state index >= 15 is 0 Å². The van der Waals surface area contributed by atoms with Gasteiger partial charge in [-0.1, -0.05) is 22.0 Å². The summed E-state index contributed by atoms with van der Waals surface area (Å²) < 4.78 is 6.05. The van der Waals surface area contributed by atoms with Gasteiger partial charge in [0.2, 0.25) is 0 Å². The fourth-order valence-corrected chi connectivity index (χ4v) is 2.00. The highest BCUT2D eigenvalue weighted by Crippen LogP contribution is 2.20. The van der Waals surface area contributed by atoms with E-state index in [9.17, 15) is 4.79 Å². The van der Waals surface area contributed by atoms with Gasteiger partial charge in [-0.05, 0) is 39.3 Å². The minimum Gasteiger partial charge on any atom is -0.444 e. The van der Waals surface area contributed by atoms with Crippen LogP contribution in [0.4, 0.5) is 10.5 Å². The van der Waals surface area contributed by atoms with Crippen LogP contribution in [0.1, 0.15) is 32.8 Å². The maximum Gasteiger partial charge on any atom is 0.407 e. The number of nitrogen functional groups attached to an aromatic ring is 1. The number of hydrogen-bond donors (Lipinski definition) is 2. The molecule has 1 amide bonds. The number of rotatable bonds is 5. The molecule has 1 aromatic carbocycles. The van der Waals surface area contributed by atoms with E-state index < -0.39 is 11.7 Å². The first-order chi connectivity index (χ1) is 9.79. The van der Waals surface area contributed by atoms with Crippen LogP contribution in [0.3, 0.4) is 0 Å². The molecule has 0 aliphatic carbocycles. The SMILES string of the molecule is CC(C)(C)OC(=O)NCCCN=Cc1c(N)cccc1Br. The number of nitrogens with one attached hydrogen (secondary N) is 1. The first-order valence-electron chi connectivity index (χ1n) is 6.80. The van der Waals surface area contributed by atoms with Crippen LogP contribution in [0.15, 0.2) is 27.7 Å². The van der Waals surface area contributed by atoms with Crippen molar-refractivity contribution in [2.24, 2.45) is 4.99 Å². The van der Waals surface area contributed by atoms with E-state index in [0.717, 1.165) is 16.5 Å². The first kappa shape index (κ1) is 17.5. The Hall–Kier alpha value is -1.56. The van der Waals surface area contributed by atoms with Gasteiger partial charge in [0, 0.05) is 35.0 Å². The molecule has 6 heteroatoms. The normalized spacial score (nSPS) is 11.6. The number of nitrogens with zero attached hydrogens (tertiary/aromatic N) is 1. The standard InChI is InChI=1S/C15H22BrN3O2/c1-15(2,3)21-14(20)19-9-5-8-18-10-11-12(16)6-4-7-13(11)17/h4,6-7,10H,5,8-9,17H2,1-3H3,(H,19,20). The lowest BCUT2D eigenvalue weighted by molar-refractivity contribution is 0.0527. The highest BCUT2D eigenvalue weighted by molar-refractivity contribution is 9.10. The van der Waals surface area contributed by atoms with Crippen molar-refractivity contribution in [1.82, 2.24) is 5.32 Å². The highest BCUT2D eigenvalue weighted by Gasteiger charge is 2.15. The molecule has 0 unspecified atom stereocenters. The van der Waals surface area contributed by atoms with E-state index in [1.165, 1.54) is 0 Å². The van der Waals surface area contributed by atoms with Crippen LogP contribution in [0.5, 0.6) is 0 Å². The van der Waals surface area contributed by atoms with Crippen molar-refractivity contribution >= 4 is 33.9 Å². The van der Waals surface area contributed by atoms with Crippen LogP contribution in [0, 0.1) is 0 Å². The second kappa shape index (κ2) is 8.02. The molecule has 0 aliphatic rings. The van der Waals surface area contributed by atoms with Crippen LogP contribution in [-0.2, 0) is 4.74 Å². The zero-order chi connectivity index (χ0) is 15.9. The molecular weight excluding hydrogens is 334 g/mol. The highest BCUT2D eigenvalue weighted by atomic mass is 79.9. The fraction of sp³-hybridized carbons (Fsp3) is 0.467. The molecule has 1 aromatic rings. The molecular formula is C15H22BrN3O2. The molecule has 0 aliphatic heterocycles. The molecule has 0 fully saturated rings. The average Bonchev–Trinajstić information content (AvgIpc) is 2.34. The van der Waals surface area contributed by atoms with Crippen molar-refractivity contribution in [3.05, 3.63) is 28.2 Å². The molecule has 5 nitrogen and oxygen atoms in total. The number of ether oxygens (including phenoxy) is 1.